The lowest BCUT2D eigenvalue weighted by Gasteiger charge is -2.59. The molecule has 3 aliphatic rings. The highest BCUT2D eigenvalue weighted by molar-refractivity contribution is 5.85. The predicted octanol–water partition coefficient (Wildman–Crippen LogP) is 1.34. The highest BCUT2D eigenvalue weighted by Crippen LogP contribution is 2.54. The Kier molecular flexibility index (Phi) is 2.19. The third-order valence-corrected chi connectivity index (χ3v) is 2.09. The van der Waals surface area contributed by atoms with Gasteiger partial charge >= 0.3 is 0 Å². The van der Waals surface area contributed by atoms with Crippen molar-refractivity contribution in [3.05, 3.63) is 0 Å². The minimum atomic E-state index is 0. The van der Waals surface area contributed by atoms with E-state index in [2.05, 4.69) is 0 Å². The molecule has 0 aromatic rings. The largest absolute Gasteiger partial charge is 0.325 e. The topological polar surface area (TPSA) is 26.0 Å². The first-order valence-electron chi connectivity index (χ1n) is 2.57. The van der Waals surface area contributed by atoms with Crippen LogP contribution in [0.3, 0.4) is 0 Å². The lowest BCUT2D eigenvalue weighted by molar-refractivity contribution is -0.0170. The summed E-state index contributed by atoms with van der Waals surface area (Å²) >= 11 is 0. The van der Waals surface area contributed by atoms with E-state index in [1.807, 2.05) is 0 Å². The highest BCUT2D eigenvalue weighted by Gasteiger charge is 2.53. The van der Waals surface area contributed by atoms with Gasteiger partial charge in [-0.15, -0.1) is 24.8 Å². The van der Waals surface area contributed by atoms with E-state index >= 15 is 0 Å². The Balaban J connectivity index is 0.000000245. The number of hydrogen-bond donors (Lipinski definition) is 1. The smallest absolute Gasteiger partial charge is 0.0162 e. The van der Waals surface area contributed by atoms with Crippen LogP contribution in [0.5, 0.6) is 0 Å². The van der Waals surface area contributed by atoms with Gasteiger partial charge in [0.2, 0.25) is 0 Å². The molecule has 0 heterocycles. The molecule has 0 atom stereocenters. The summed E-state index contributed by atoms with van der Waals surface area (Å²) in [4.78, 5) is 0. The summed E-state index contributed by atoms with van der Waals surface area (Å²) in [5.41, 5.74) is 6.05. The van der Waals surface area contributed by atoms with Gasteiger partial charge in [0.25, 0.3) is 0 Å². The summed E-state index contributed by atoms with van der Waals surface area (Å²) in [6, 6.07) is 0. The lowest BCUT2D eigenvalue weighted by atomic mass is 9.50. The van der Waals surface area contributed by atoms with E-state index in [1.165, 1.54) is 19.3 Å². The first kappa shape index (κ1) is 8.54. The molecule has 3 rings (SSSR count). The van der Waals surface area contributed by atoms with Gasteiger partial charge in [-0.1, -0.05) is 0 Å². The van der Waals surface area contributed by atoms with Crippen molar-refractivity contribution < 1.29 is 0 Å². The quantitative estimate of drug-likeness (QED) is 0.562. The SMILES string of the molecule is Cl.Cl.NC12CC(C1)C2. The number of hydrogen-bond acceptors (Lipinski definition) is 1. The van der Waals surface area contributed by atoms with E-state index in [4.69, 9.17) is 5.73 Å². The van der Waals surface area contributed by atoms with E-state index in [0.29, 0.717) is 5.54 Å². The van der Waals surface area contributed by atoms with Crippen molar-refractivity contribution in [2.24, 2.45) is 11.7 Å². The molecule has 0 aliphatic heterocycles. The van der Waals surface area contributed by atoms with Gasteiger partial charge in [-0.2, -0.15) is 0 Å². The first-order chi connectivity index (χ1) is 2.79. The zero-order valence-electron chi connectivity index (χ0n) is 4.59. The second-order valence-corrected chi connectivity index (χ2v) is 2.84. The number of rotatable bonds is 0. The lowest BCUT2D eigenvalue weighted by Crippen LogP contribution is -2.64. The molecule has 0 aromatic heterocycles. The van der Waals surface area contributed by atoms with Crippen molar-refractivity contribution in [3.63, 3.8) is 0 Å². The standard InChI is InChI=1S/C5H9N.2ClH/c6-5-1-4(2-5)3-5;;/h4H,1-3,6H2;2*1H. The summed E-state index contributed by atoms with van der Waals surface area (Å²) in [6.07, 6.45) is 3.98. The van der Waals surface area contributed by atoms with Crippen LogP contribution in [0, 0.1) is 5.92 Å². The van der Waals surface area contributed by atoms with Gasteiger partial charge < -0.3 is 5.73 Å². The van der Waals surface area contributed by atoms with Crippen molar-refractivity contribution in [3.8, 4) is 0 Å². The molecule has 3 saturated carbocycles. The average Bonchev–Trinajstić information content (AvgIpc) is 1.24. The summed E-state index contributed by atoms with van der Waals surface area (Å²) in [6.45, 7) is 0. The first-order valence-corrected chi connectivity index (χ1v) is 2.57. The van der Waals surface area contributed by atoms with Gasteiger partial charge in [0.05, 0.1) is 0 Å². The van der Waals surface area contributed by atoms with Crippen LogP contribution in [0.4, 0.5) is 0 Å². The zero-order valence-corrected chi connectivity index (χ0v) is 6.23. The fraction of sp³-hybridized carbons (Fsp3) is 1.00. The van der Waals surface area contributed by atoms with E-state index in [9.17, 15) is 0 Å². The maximum absolute atomic E-state index is 5.69. The van der Waals surface area contributed by atoms with Crippen molar-refractivity contribution in [2.75, 3.05) is 0 Å². The predicted molar refractivity (Wildman–Crippen MR) is 38.8 cm³/mol. The normalized spacial score (nSPS) is 46.9. The number of halogens is 2. The molecule has 3 heteroatoms. The maximum atomic E-state index is 5.69. The average molecular weight is 156 g/mol. The van der Waals surface area contributed by atoms with Crippen molar-refractivity contribution in [2.45, 2.75) is 24.8 Å². The third-order valence-electron chi connectivity index (χ3n) is 2.09. The molecule has 2 bridgehead atoms. The molecule has 0 aromatic carbocycles. The molecule has 3 aliphatic carbocycles. The fourth-order valence-electron chi connectivity index (χ4n) is 1.55. The molecule has 0 saturated heterocycles. The fourth-order valence-corrected chi connectivity index (χ4v) is 1.55. The van der Waals surface area contributed by atoms with Crippen molar-refractivity contribution in [1.29, 1.82) is 0 Å². The second-order valence-electron chi connectivity index (χ2n) is 2.84. The summed E-state index contributed by atoms with van der Waals surface area (Å²) in [5.74, 6) is 1.05. The minimum Gasteiger partial charge on any atom is -0.325 e. The Hall–Kier alpha value is 0.540. The Morgan fingerprint density at radius 3 is 1.38 bits per heavy atom. The van der Waals surface area contributed by atoms with Crippen LogP contribution in [0.25, 0.3) is 0 Å². The Morgan fingerprint density at radius 1 is 1.12 bits per heavy atom. The molecule has 0 amide bonds. The van der Waals surface area contributed by atoms with E-state index in [-0.39, 0.29) is 24.8 Å². The molecule has 3 fully saturated rings. The monoisotopic (exact) mass is 155 g/mol. The number of nitrogens with two attached hydrogens (primary N) is 1. The van der Waals surface area contributed by atoms with E-state index < -0.39 is 0 Å². The Labute approximate surface area is 61.8 Å². The summed E-state index contributed by atoms with van der Waals surface area (Å²) in [5, 5.41) is 0. The van der Waals surface area contributed by atoms with E-state index in [0.717, 1.165) is 5.92 Å². The third kappa shape index (κ3) is 0.831. The highest BCUT2D eigenvalue weighted by atomic mass is 35.5. The molecule has 0 spiro atoms. The molecule has 2 N–H and O–H groups in total. The molecule has 8 heavy (non-hydrogen) atoms. The molecule has 1 nitrogen and oxygen atoms in total. The molecular formula is C5H11Cl2N. The van der Waals surface area contributed by atoms with Crippen molar-refractivity contribution >= 4 is 24.8 Å². The van der Waals surface area contributed by atoms with E-state index in [1.54, 1.807) is 0 Å². The summed E-state index contributed by atoms with van der Waals surface area (Å²) in [7, 11) is 0. The van der Waals surface area contributed by atoms with Crippen LogP contribution in [0.1, 0.15) is 19.3 Å². The molecule has 0 radical (unpaired) electrons. The minimum absolute atomic E-state index is 0. The zero-order chi connectivity index (χ0) is 4.20. The molecular weight excluding hydrogens is 145 g/mol. The van der Waals surface area contributed by atoms with Gasteiger partial charge in [-0.05, 0) is 25.2 Å². The molecule has 0 unspecified atom stereocenters. The Bertz CT molecular complexity index is 77.4. The molecule has 50 valence electrons. The maximum Gasteiger partial charge on any atom is 0.0162 e. The van der Waals surface area contributed by atoms with Crippen LogP contribution in [0.15, 0.2) is 0 Å². The van der Waals surface area contributed by atoms with Gasteiger partial charge in [0, 0.05) is 5.54 Å². The van der Waals surface area contributed by atoms with Crippen LogP contribution in [0.2, 0.25) is 0 Å². The van der Waals surface area contributed by atoms with Crippen molar-refractivity contribution in [1.82, 2.24) is 0 Å². The second kappa shape index (κ2) is 2.05. The van der Waals surface area contributed by atoms with Crippen LogP contribution >= 0.6 is 24.8 Å². The van der Waals surface area contributed by atoms with Crippen LogP contribution < -0.4 is 5.73 Å². The summed E-state index contributed by atoms with van der Waals surface area (Å²) < 4.78 is 0. The van der Waals surface area contributed by atoms with Gasteiger partial charge in [-0.3, -0.25) is 0 Å². The van der Waals surface area contributed by atoms with Crippen LogP contribution in [-0.4, -0.2) is 5.54 Å². The van der Waals surface area contributed by atoms with Gasteiger partial charge in [0.1, 0.15) is 0 Å². The van der Waals surface area contributed by atoms with Gasteiger partial charge in [0.15, 0.2) is 0 Å². The van der Waals surface area contributed by atoms with Crippen LogP contribution in [-0.2, 0) is 0 Å². The van der Waals surface area contributed by atoms with Gasteiger partial charge in [-0.25, -0.2) is 0 Å². The Morgan fingerprint density at radius 2 is 1.38 bits per heavy atom.